The number of aromatic nitrogens is 3. The number of benzene rings is 1. The van der Waals surface area contributed by atoms with Crippen LogP contribution < -0.4 is 5.56 Å². The van der Waals surface area contributed by atoms with Crippen molar-refractivity contribution in [1.29, 1.82) is 0 Å². The quantitative estimate of drug-likeness (QED) is 0.792. The zero-order valence-corrected chi connectivity index (χ0v) is 11.3. The van der Waals surface area contributed by atoms with Gasteiger partial charge in [0.1, 0.15) is 5.82 Å². The van der Waals surface area contributed by atoms with E-state index in [1.54, 1.807) is 12.3 Å². The summed E-state index contributed by atoms with van der Waals surface area (Å²) in [6, 6.07) is 11.4. The molecule has 3 aromatic rings. The van der Waals surface area contributed by atoms with E-state index in [1.165, 1.54) is 0 Å². The van der Waals surface area contributed by atoms with Crippen molar-refractivity contribution in [2.75, 3.05) is 0 Å². The summed E-state index contributed by atoms with van der Waals surface area (Å²) in [6.07, 6.45) is 3.51. The number of rotatable bonds is 3. The van der Waals surface area contributed by atoms with Crippen LogP contribution in [0.1, 0.15) is 19.0 Å². The highest BCUT2D eigenvalue weighted by molar-refractivity contribution is 5.82. The minimum atomic E-state index is -0.119. The molecule has 0 aliphatic heterocycles. The zero-order valence-electron chi connectivity index (χ0n) is 11.3. The predicted octanol–water partition coefficient (Wildman–Crippen LogP) is 2.94. The van der Waals surface area contributed by atoms with Gasteiger partial charge in [-0.25, -0.2) is 4.98 Å². The second kappa shape index (κ2) is 5.25. The van der Waals surface area contributed by atoms with Crippen molar-refractivity contribution in [2.24, 2.45) is 0 Å². The Balaban J connectivity index is 2.12. The van der Waals surface area contributed by atoms with Crippen molar-refractivity contribution in [2.45, 2.75) is 19.8 Å². The number of H-pyrrole nitrogens is 1. The van der Waals surface area contributed by atoms with Gasteiger partial charge in [-0.1, -0.05) is 31.5 Å². The van der Waals surface area contributed by atoms with E-state index in [1.807, 2.05) is 30.3 Å². The first-order valence-electron chi connectivity index (χ1n) is 6.71. The molecular weight excluding hydrogens is 250 g/mol. The van der Waals surface area contributed by atoms with Crippen LogP contribution in [0.5, 0.6) is 0 Å². The van der Waals surface area contributed by atoms with E-state index in [2.05, 4.69) is 21.9 Å². The van der Waals surface area contributed by atoms with Crippen molar-refractivity contribution in [3.8, 4) is 11.4 Å². The van der Waals surface area contributed by atoms with E-state index >= 15 is 0 Å². The molecule has 0 unspecified atom stereocenters. The largest absolute Gasteiger partial charge is 0.306 e. The van der Waals surface area contributed by atoms with Gasteiger partial charge < -0.3 is 4.98 Å². The third kappa shape index (κ3) is 2.45. The Morgan fingerprint density at radius 3 is 2.90 bits per heavy atom. The molecule has 3 rings (SSSR count). The van der Waals surface area contributed by atoms with Gasteiger partial charge in [-0.15, -0.1) is 0 Å². The predicted molar refractivity (Wildman–Crippen MR) is 79.6 cm³/mol. The molecule has 0 atom stereocenters. The Morgan fingerprint density at radius 2 is 2.05 bits per heavy atom. The Bertz CT molecular complexity index is 808. The summed E-state index contributed by atoms with van der Waals surface area (Å²) in [5.74, 6) is 0.583. The summed E-state index contributed by atoms with van der Waals surface area (Å²) < 4.78 is 0. The lowest BCUT2D eigenvalue weighted by molar-refractivity contribution is 0.869. The van der Waals surface area contributed by atoms with Crippen molar-refractivity contribution in [3.63, 3.8) is 0 Å². The van der Waals surface area contributed by atoms with Crippen LogP contribution in [0.25, 0.3) is 22.3 Å². The first-order valence-corrected chi connectivity index (χ1v) is 6.71. The molecule has 0 spiro atoms. The highest BCUT2D eigenvalue weighted by atomic mass is 16.1. The molecule has 0 amide bonds. The van der Waals surface area contributed by atoms with Gasteiger partial charge in [0, 0.05) is 28.9 Å². The summed E-state index contributed by atoms with van der Waals surface area (Å²) >= 11 is 0. The van der Waals surface area contributed by atoms with Crippen molar-refractivity contribution in [3.05, 3.63) is 58.6 Å². The van der Waals surface area contributed by atoms with Crippen molar-refractivity contribution in [1.82, 2.24) is 15.0 Å². The number of hydrogen-bond acceptors (Lipinski definition) is 3. The van der Waals surface area contributed by atoms with Gasteiger partial charge in [0.25, 0.3) is 5.56 Å². The lowest BCUT2D eigenvalue weighted by Gasteiger charge is -2.04. The van der Waals surface area contributed by atoms with Gasteiger partial charge in [0.05, 0.1) is 5.52 Å². The number of aromatic amines is 1. The molecule has 0 saturated carbocycles. The molecule has 4 heteroatoms. The fourth-order valence-corrected chi connectivity index (χ4v) is 2.23. The van der Waals surface area contributed by atoms with E-state index < -0.39 is 0 Å². The number of hydrogen-bond donors (Lipinski definition) is 1. The Hall–Kier alpha value is -2.49. The number of fused-ring (bicyclic) bond motifs is 1. The summed E-state index contributed by atoms with van der Waals surface area (Å²) in [5.41, 5.74) is 2.47. The molecule has 2 aromatic heterocycles. The molecule has 0 aliphatic rings. The van der Waals surface area contributed by atoms with Crippen molar-refractivity contribution >= 4 is 10.9 Å². The Kier molecular flexibility index (Phi) is 3.29. The smallest absolute Gasteiger partial charge is 0.251 e. The summed E-state index contributed by atoms with van der Waals surface area (Å²) in [7, 11) is 0. The molecule has 1 aromatic carbocycles. The topological polar surface area (TPSA) is 58.6 Å². The SMILES string of the molecule is CCCc1cc(=O)[nH]c(-c2cnc3ccccc3c2)n1. The van der Waals surface area contributed by atoms with Gasteiger partial charge in [0.15, 0.2) is 0 Å². The number of para-hydroxylation sites is 1. The third-order valence-corrected chi connectivity index (χ3v) is 3.16. The summed E-state index contributed by atoms with van der Waals surface area (Å²) in [6.45, 7) is 2.07. The number of nitrogens with zero attached hydrogens (tertiary/aromatic N) is 2. The molecule has 1 N–H and O–H groups in total. The second-order valence-electron chi connectivity index (χ2n) is 4.75. The van der Waals surface area contributed by atoms with Gasteiger partial charge in [-0.05, 0) is 18.6 Å². The maximum atomic E-state index is 11.7. The molecule has 0 saturated heterocycles. The maximum Gasteiger partial charge on any atom is 0.251 e. The highest BCUT2D eigenvalue weighted by Gasteiger charge is 2.05. The van der Waals surface area contributed by atoms with Crippen LogP contribution in [0.2, 0.25) is 0 Å². The normalized spacial score (nSPS) is 10.8. The first-order chi connectivity index (χ1) is 9.76. The zero-order chi connectivity index (χ0) is 13.9. The van der Waals surface area contributed by atoms with Gasteiger partial charge in [0.2, 0.25) is 0 Å². The lowest BCUT2D eigenvalue weighted by atomic mass is 10.1. The molecule has 4 nitrogen and oxygen atoms in total. The van der Waals surface area contributed by atoms with Crippen LogP contribution in [0.15, 0.2) is 47.4 Å². The average Bonchev–Trinajstić information content (AvgIpc) is 2.46. The molecule has 0 bridgehead atoms. The van der Waals surface area contributed by atoms with Crippen LogP contribution in [-0.4, -0.2) is 15.0 Å². The number of nitrogens with one attached hydrogen (secondary N) is 1. The van der Waals surface area contributed by atoms with Crippen LogP contribution in [-0.2, 0) is 6.42 Å². The Morgan fingerprint density at radius 1 is 1.20 bits per heavy atom. The molecule has 2 heterocycles. The molecule has 0 aliphatic carbocycles. The number of aryl methyl sites for hydroxylation is 1. The minimum Gasteiger partial charge on any atom is -0.306 e. The Labute approximate surface area is 116 Å². The van der Waals surface area contributed by atoms with Gasteiger partial charge in [-0.2, -0.15) is 0 Å². The fourth-order valence-electron chi connectivity index (χ4n) is 2.23. The van der Waals surface area contributed by atoms with E-state index in [-0.39, 0.29) is 5.56 Å². The molecule has 100 valence electrons. The van der Waals surface area contributed by atoms with Gasteiger partial charge in [-0.3, -0.25) is 9.78 Å². The van der Waals surface area contributed by atoms with Crippen molar-refractivity contribution < 1.29 is 0 Å². The average molecular weight is 265 g/mol. The maximum absolute atomic E-state index is 11.7. The third-order valence-electron chi connectivity index (χ3n) is 3.16. The fraction of sp³-hybridized carbons (Fsp3) is 0.188. The van der Waals surface area contributed by atoms with Crippen LogP contribution in [0.4, 0.5) is 0 Å². The van der Waals surface area contributed by atoms with Crippen LogP contribution in [0.3, 0.4) is 0 Å². The summed E-state index contributed by atoms with van der Waals surface area (Å²) in [5, 5.41) is 1.04. The molecular formula is C16H15N3O. The molecule has 0 fully saturated rings. The van der Waals surface area contributed by atoms with E-state index in [0.29, 0.717) is 5.82 Å². The standard InChI is InChI=1S/C16H15N3O/c1-2-5-13-9-15(20)19-16(18-13)12-8-11-6-3-4-7-14(11)17-10-12/h3-4,6-10H,2,5H2,1H3,(H,18,19,20). The molecule has 20 heavy (non-hydrogen) atoms. The van der Waals surface area contributed by atoms with E-state index in [4.69, 9.17) is 0 Å². The highest BCUT2D eigenvalue weighted by Crippen LogP contribution is 2.19. The van der Waals surface area contributed by atoms with Gasteiger partial charge >= 0.3 is 0 Å². The van der Waals surface area contributed by atoms with Crippen LogP contribution in [0, 0.1) is 0 Å². The minimum absolute atomic E-state index is 0.119. The first kappa shape index (κ1) is 12.5. The lowest BCUT2D eigenvalue weighted by Crippen LogP contribution is -2.10. The molecule has 0 radical (unpaired) electrons. The van der Waals surface area contributed by atoms with Crippen LogP contribution >= 0.6 is 0 Å². The summed E-state index contributed by atoms with van der Waals surface area (Å²) in [4.78, 5) is 23.4. The van der Waals surface area contributed by atoms with E-state index in [0.717, 1.165) is 35.0 Å². The second-order valence-corrected chi connectivity index (χ2v) is 4.75. The number of pyridine rings is 1. The van der Waals surface area contributed by atoms with E-state index in [9.17, 15) is 4.79 Å². The monoisotopic (exact) mass is 265 g/mol.